The van der Waals surface area contributed by atoms with Gasteiger partial charge in [-0.3, -0.25) is 9.59 Å². The summed E-state index contributed by atoms with van der Waals surface area (Å²) in [6, 6.07) is 8.32. The van der Waals surface area contributed by atoms with Crippen LogP contribution in [0.15, 0.2) is 24.3 Å². The third-order valence-electron chi connectivity index (χ3n) is 6.04. The second-order valence-electron chi connectivity index (χ2n) is 7.93. The van der Waals surface area contributed by atoms with Gasteiger partial charge >= 0.3 is 0 Å². The van der Waals surface area contributed by atoms with E-state index >= 15 is 0 Å². The van der Waals surface area contributed by atoms with Gasteiger partial charge in [-0.25, -0.2) is 0 Å². The number of carbonyl (C=O) groups is 2. The van der Waals surface area contributed by atoms with Crippen molar-refractivity contribution in [3.8, 4) is 5.75 Å². The standard InChI is InChI=1S/C22H32N2O3/c1-27-20-12-6-16(7-13-20)14-15-23-21(25)17-8-10-18(11-9-17)22(26)24-19-4-2-3-5-19/h6-7,12-13,17-19H,2-5,8-11,14-15H2,1H3,(H,23,25)(H,24,26). The molecule has 148 valence electrons. The zero-order valence-corrected chi connectivity index (χ0v) is 16.3. The van der Waals surface area contributed by atoms with Crippen molar-refractivity contribution >= 4 is 11.8 Å². The second-order valence-corrected chi connectivity index (χ2v) is 7.93. The fraction of sp³-hybridized carbons (Fsp3) is 0.636. The smallest absolute Gasteiger partial charge is 0.223 e. The quantitative estimate of drug-likeness (QED) is 0.772. The Morgan fingerprint density at radius 1 is 0.926 bits per heavy atom. The van der Waals surface area contributed by atoms with Crippen LogP contribution in [0.4, 0.5) is 0 Å². The fourth-order valence-corrected chi connectivity index (χ4v) is 4.27. The molecule has 2 amide bonds. The third-order valence-corrected chi connectivity index (χ3v) is 6.04. The number of amides is 2. The molecule has 0 unspecified atom stereocenters. The van der Waals surface area contributed by atoms with Gasteiger partial charge < -0.3 is 15.4 Å². The van der Waals surface area contributed by atoms with Gasteiger partial charge in [0.2, 0.25) is 11.8 Å². The van der Waals surface area contributed by atoms with Crippen molar-refractivity contribution in [1.29, 1.82) is 0 Å². The molecule has 0 aliphatic heterocycles. The van der Waals surface area contributed by atoms with Crippen molar-refractivity contribution in [3.05, 3.63) is 29.8 Å². The van der Waals surface area contributed by atoms with Crippen molar-refractivity contribution in [1.82, 2.24) is 10.6 Å². The lowest BCUT2D eigenvalue weighted by Gasteiger charge is -2.28. The third kappa shape index (κ3) is 5.72. The predicted octanol–water partition coefficient (Wildman–Crippen LogP) is 3.22. The molecule has 0 aromatic heterocycles. The predicted molar refractivity (Wildman–Crippen MR) is 106 cm³/mol. The molecule has 5 heteroatoms. The molecule has 2 N–H and O–H groups in total. The molecule has 2 fully saturated rings. The van der Waals surface area contributed by atoms with Crippen molar-refractivity contribution in [2.24, 2.45) is 11.8 Å². The van der Waals surface area contributed by atoms with E-state index < -0.39 is 0 Å². The molecule has 2 saturated carbocycles. The van der Waals surface area contributed by atoms with Crippen LogP contribution in [-0.4, -0.2) is 31.5 Å². The van der Waals surface area contributed by atoms with Crippen molar-refractivity contribution in [2.75, 3.05) is 13.7 Å². The summed E-state index contributed by atoms with van der Waals surface area (Å²) in [4.78, 5) is 24.8. The minimum Gasteiger partial charge on any atom is -0.497 e. The van der Waals surface area contributed by atoms with E-state index in [-0.39, 0.29) is 23.7 Å². The van der Waals surface area contributed by atoms with Crippen LogP contribution < -0.4 is 15.4 Å². The largest absolute Gasteiger partial charge is 0.497 e. The van der Waals surface area contributed by atoms with Crippen molar-refractivity contribution in [3.63, 3.8) is 0 Å². The van der Waals surface area contributed by atoms with E-state index in [0.717, 1.165) is 50.7 Å². The molecule has 2 aliphatic carbocycles. The first-order valence-corrected chi connectivity index (χ1v) is 10.4. The van der Waals surface area contributed by atoms with Crippen molar-refractivity contribution in [2.45, 2.75) is 63.8 Å². The number of hydrogen-bond donors (Lipinski definition) is 2. The summed E-state index contributed by atoms with van der Waals surface area (Å²) in [7, 11) is 1.66. The van der Waals surface area contributed by atoms with Gasteiger partial charge in [-0.05, 0) is 62.6 Å². The van der Waals surface area contributed by atoms with Gasteiger partial charge in [-0.15, -0.1) is 0 Å². The molecule has 2 aliphatic rings. The Balaban J connectivity index is 1.34. The molecule has 0 spiro atoms. The Hall–Kier alpha value is -2.04. The van der Waals surface area contributed by atoms with Gasteiger partial charge in [0.25, 0.3) is 0 Å². The molecule has 0 saturated heterocycles. The normalized spacial score (nSPS) is 23.0. The van der Waals surface area contributed by atoms with Crippen LogP contribution in [-0.2, 0) is 16.0 Å². The second kappa shape index (κ2) is 9.77. The first kappa shape index (κ1) is 19.7. The summed E-state index contributed by atoms with van der Waals surface area (Å²) < 4.78 is 5.16. The van der Waals surface area contributed by atoms with Crippen LogP contribution in [0.1, 0.15) is 56.9 Å². The summed E-state index contributed by atoms with van der Waals surface area (Å²) in [5, 5.41) is 6.27. The molecule has 0 heterocycles. The number of carbonyl (C=O) groups excluding carboxylic acids is 2. The highest BCUT2D eigenvalue weighted by molar-refractivity contribution is 5.81. The maximum absolute atomic E-state index is 12.4. The summed E-state index contributed by atoms with van der Waals surface area (Å²) in [6.45, 7) is 0.646. The van der Waals surface area contributed by atoms with E-state index in [1.165, 1.54) is 18.4 Å². The summed E-state index contributed by atoms with van der Waals surface area (Å²) in [6.07, 6.45) is 8.81. The summed E-state index contributed by atoms with van der Waals surface area (Å²) >= 11 is 0. The zero-order chi connectivity index (χ0) is 19.1. The lowest BCUT2D eigenvalue weighted by molar-refractivity contribution is -0.130. The Morgan fingerprint density at radius 3 is 2.11 bits per heavy atom. The van der Waals surface area contributed by atoms with Gasteiger partial charge in [0, 0.05) is 24.4 Å². The number of rotatable bonds is 7. The van der Waals surface area contributed by atoms with E-state index in [1.54, 1.807) is 7.11 Å². The average Bonchev–Trinajstić information content (AvgIpc) is 3.21. The number of nitrogens with one attached hydrogen (secondary N) is 2. The van der Waals surface area contributed by atoms with Crippen LogP contribution in [0.5, 0.6) is 5.75 Å². The van der Waals surface area contributed by atoms with Crippen LogP contribution in [0.3, 0.4) is 0 Å². The van der Waals surface area contributed by atoms with E-state index in [9.17, 15) is 9.59 Å². The van der Waals surface area contributed by atoms with E-state index in [2.05, 4.69) is 10.6 Å². The first-order valence-electron chi connectivity index (χ1n) is 10.4. The molecule has 27 heavy (non-hydrogen) atoms. The molecular formula is C22H32N2O3. The molecule has 0 bridgehead atoms. The van der Waals surface area contributed by atoms with Crippen LogP contribution in [0, 0.1) is 11.8 Å². The highest BCUT2D eigenvalue weighted by Gasteiger charge is 2.31. The number of ether oxygens (including phenoxy) is 1. The Morgan fingerprint density at radius 2 is 1.52 bits per heavy atom. The molecule has 0 atom stereocenters. The molecule has 1 aromatic rings. The van der Waals surface area contributed by atoms with Gasteiger partial charge in [0.05, 0.1) is 7.11 Å². The highest BCUT2D eigenvalue weighted by atomic mass is 16.5. The van der Waals surface area contributed by atoms with E-state index in [1.807, 2.05) is 24.3 Å². The minimum absolute atomic E-state index is 0.0522. The van der Waals surface area contributed by atoms with E-state index in [4.69, 9.17) is 4.74 Å². The average molecular weight is 373 g/mol. The van der Waals surface area contributed by atoms with Crippen LogP contribution >= 0.6 is 0 Å². The van der Waals surface area contributed by atoms with Gasteiger partial charge in [-0.2, -0.15) is 0 Å². The monoisotopic (exact) mass is 372 g/mol. The number of hydrogen-bond acceptors (Lipinski definition) is 3. The summed E-state index contributed by atoms with van der Waals surface area (Å²) in [5.74, 6) is 1.33. The number of benzene rings is 1. The lowest BCUT2D eigenvalue weighted by atomic mass is 9.81. The molecule has 0 radical (unpaired) electrons. The molecule has 1 aromatic carbocycles. The SMILES string of the molecule is COc1ccc(CCNC(=O)C2CCC(C(=O)NC3CCCC3)CC2)cc1. The van der Waals surface area contributed by atoms with Crippen LogP contribution in [0.25, 0.3) is 0 Å². The van der Waals surface area contributed by atoms with Crippen LogP contribution in [0.2, 0.25) is 0 Å². The Bertz CT molecular complexity index is 615. The maximum Gasteiger partial charge on any atom is 0.223 e. The molecule has 3 rings (SSSR count). The zero-order valence-electron chi connectivity index (χ0n) is 16.3. The minimum atomic E-state index is 0.0522. The van der Waals surface area contributed by atoms with Crippen molar-refractivity contribution < 1.29 is 14.3 Å². The summed E-state index contributed by atoms with van der Waals surface area (Å²) in [5.41, 5.74) is 1.18. The Labute approximate surface area is 162 Å². The van der Waals surface area contributed by atoms with E-state index in [0.29, 0.717) is 12.6 Å². The van der Waals surface area contributed by atoms with Gasteiger partial charge in [0.1, 0.15) is 5.75 Å². The Kier molecular flexibility index (Phi) is 7.13. The van der Waals surface area contributed by atoms with Gasteiger partial charge in [-0.1, -0.05) is 25.0 Å². The molecule has 5 nitrogen and oxygen atoms in total. The fourth-order valence-electron chi connectivity index (χ4n) is 4.27. The topological polar surface area (TPSA) is 67.4 Å². The maximum atomic E-state index is 12.4. The number of methoxy groups -OCH3 is 1. The lowest BCUT2D eigenvalue weighted by Crippen LogP contribution is -2.40. The molecular weight excluding hydrogens is 340 g/mol. The van der Waals surface area contributed by atoms with Gasteiger partial charge in [0.15, 0.2) is 0 Å². The highest BCUT2D eigenvalue weighted by Crippen LogP contribution is 2.30. The first-order chi connectivity index (χ1) is 13.2.